The monoisotopic (exact) mass is 444 g/mol. The highest BCUT2D eigenvalue weighted by Crippen LogP contribution is 2.36. The minimum absolute atomic E-state index is 0.442. The molecule has 1 atom stereocenters. The fourth-order valence-electron chi connectivity index (χ4n) is 5.00. The van der Waals surface area contributed by atoms with Crippen LogP contribution in [0.4, 0.5) is 0 Å². The van der Waals surface area contributed by atoms with Gasteiger partial charge in [-0.25, -0.2) is 9.67 Å². The number of aliphatic imine (C=N–C) groups is 1. The number of hydrogen-bond acceptors (Lipinski definition) is 6. The van der Waals surface area contributed by atoms with Crippen molar-refractivity contribution < 1.29 is 0 Å². The Kier molecular flexibility index (Phi) is 6.41. The number of nitrogens with one attached hydrogen (secondary N) is 1. The lowest BCUT2D eigenvalue weighted by molar-refractivity contribution is 0.425. The first-order valence-electron chi connectivity index (χ1n) is 12.2. The largest absolute Gasteiger partial charge is 0.269 e. The van der Waals surface area contributed by atoms with Gasteiger partial charge in [0, 0.05) is 37.7 Å². The number of aromatic nitrogens is 7. The molecular formula is C25H32N8. The van der Waals surface area contributed by atoms with E-state index in [2.05, 4.69) is 67.6 Å². The Morgan fingerprint density at radius 2 is 1.97 bits per heavy atom. The Morgan fingerprint density at radius 3 is 2.67 bits per heavy atom. The molecule has 8 nitrogen and oxygen atoms in total. The summed E-state index contributed by atoms with van der Waals surface area (Å²) in [5, 5.41) is 19.9. The fourth-order valence-corrected chi connectivity index (χ4v) is 5.00. The van der Waals surface area contributed by atoms with Gasteiger partial charge in [-0.1, -0.05) is 62.1 Å². The minimum Gasteiger partial charge on any atom is -0.269 e. The van der Waals surface area contributed by atoms with Crippen molar-refractivity contribution in [2.45, 2.75) is 82.6 Å². The van der Waals surface area contributed by atoms with Gasteiger partial charge in [-0.2, -0.15) is 10.3 Å². The highest BCUT2D eigenvalue weighted by atomic mass is 15.5. The van der Waals surface area contributed by atoms with Gasteiger partial charge >= 0.3 is 0 Å². The molecule has 2 aromatic heterocycles. The van der Waals surface area contributed by atoms with Crippen LogP contribution in [-0.4, -0.2) is 41.6 Å². The molecule has 1 saturated carbocycles. The van der Waals surface area contributed by atoms with Crippen molar-refractivity contribution in [3.05, 3.63) is 65.1 Å². The van der Waals surface area contributed by atoms with Gasteiger partial charge in [0.25, 0.3) is 0 Å². The van der Waals surface area contributed by atoms with E-state index in [1.54, 1.807) is 0 Å². The third-order valence-electron chi connectivity index (χ3n) is 7.00. The van der Waals surface area contributed by atoms with Crippen LogP contribution < -0.4 is 0 Å². The normalized spacial score (nSPS) is 21.0. The predicted octanol–water partition coefficient (Wildman–Crippen LogP) is 4.50. The van der Waals surface area contributed by atoms with Crippen molar-refractivity contribution in [3.8, 4) is 0 Å². The lowest BCUT2D eigenvalue weighted by Crippen LogP contribution is -2.29. The van der Waals surface area contributed by atoms with Crippen molar-refractivity contribution in [1.29, 1.82) is 0 Å². The Morgan fingerprint density at radius 1 is 1.12 bits per heavy atom. The van der Waals surface area contributed by atoms with E-state index in [-0.39, 0.29) is 0 Å². The van der Waals surface area contributed by atoms with Crippen LogP contribution in [0.15, 0.2) is 41.5 Å². The van der Waals surface area contributed by atoms with Gasteiger partial charge in [0.1, 0.15) is 5.82 Å². The van der Waals surface area contributed by atoms with Crippen molar-refractivity contribution >= 4 is 6.21 Å². The number of tetrazole rings is 1. The lowest BCUT2D eigenvalue weighted by Gasteiger charge is -2.28. The maximum atomic E-state index is 5.04. The summed E-state index contributed by atoms with van der Waals surface area (Å²) in [6, 6.07) is 8.72. The van der Waals surface area contributed by atoms with Gasteiger partial charge in [0.05, 0.1) is 5.41 Å². The molecule has 1 aliphatic heterocycles. The van der Waals surface area contributed by atoms with E-state index in [4.69, 9.17) is 10.1 Å². The van der Waals surface area contributed by atoms with Crippen molar-refractivity contribution in [3.63, 3.8) is 0 Å². The fraction of sp³-hybridized carbons (Fsp3) is 0.520. The second-order valence-electron chi connectivity index (χ2n) is 9.23. The smallest absolute Gasteiger partial charge is 0.189 e. The molecular weight excluding hydrogens is 412 g/mol. The van der Waals surface area contributed by atoms with Gasteiger partial charge in [0.15, 0.2) is 11.6 Å². The summed E-state index contributed by atoms with van der Waals surface area (Å²) in [5.41, 5.74) is 1.92. The molecule has 0 amide bonds. The zero-order valence-electron chi connectivity index (χ0n) is 19.3. The van der Waals surface area contributed by atoms with E-state index in [1.165, 1.54) is 37.7 Å². The zero-order chi connectivity index (χ0) is 22.5. The Balaban J connectivity index is 1.39. The number of benzene rings is 1. The Hall–Kier alpha value is -3.16. The summed E-state index contributed by atoms with van der Waals surface area (Å²) < 4.78 is 2.16. The highest BCUT2D eigenvalue weighted by Gasteiger charge is 2.36. The summed E-state index contributed by atoms with van der Waals surface area (Å²) in [7, 11) is 0. The number of H-pyrrole nitrogens is 1. The second-order valence-corrected chi connectivity index (χ2v) is 9.23. The first-order chi connectivity index (χ1) is 16.3. The Bertz CT molecular complexity index is 1090. The van der Waals surface area contributed by atoms with Crippen LogP contribution in [0.5, 0.6) is 0 Å². The van der Waals surface area contributed by atoms with Crippen LogP contribution >= 0.6 is 0 Å². The number of unbranched alkanes of at least 4 members (excludes halogenated alkanes) is 1. The molecule has 0 bridgehead atoms. The van der Waals surface area contributed by atoms with Crippen molar-refractivity contribution in [1.82, 2.24) is 35.4 Å². The van der Waals surface area contributed by atoms with E-state index < -0.39 is 5.41 Å². The number of aromatic amines is 1. The molecule has 0 saturated heterocycles. The van der Waals surface area contributed by atoms with Crippen molar-refractivity contribution in [2.75, 3.05) is 0 Å². The first kappa shape index (κ1) is 21.7. The molecule has 5 rings (SSSR count). The molecule has 1 fully saturated rings. The number of hydrogen-bond donors (Lipinski definition) is 1. The summed E-state index contributed by atoms with van der Waals surface area (Å²) >= 11 is 0. The lowest BCUT2D eigenvalue weighted by atomic mass is 9.76. The molecule has 1 aromatic carbocycles. The predicted molar refractivity (Wildman–Crippen MR) is 127 cm³/mol. The van der Waals surface area contributed by atoms with Crippen LogP contribution in [-0.2, 0) is 18.4 Å². The summed E-state index contributed by atoms with van der Waals surface area (Å²) in [5.74, 6) is 3.32. The van der Waals surface area contributed by atoms with Gasteiger partial charge in [-0.3, -0.25) is 4.99 Å². The van der Waals surface area contributed by atoms with Crippen LogP contribution in [0.2, 0.25) is 0 Å². The van der Waals surface area contributed by atoms with Gasteiger partial charge in [-0.05, 0) is 36.5 Å². The van der Waals surface area contributed by atoms with Crippen molar-refractivity contribution in [2.24, 2.45) is 4.99 Å². The molecule has 3 heterocycles. The molecule has 1 N–H and O–H groups in total. The molecule has 1 aliphatic carbocycles. The topological polar surface area (TPSA) is 97.5 Å². The summed E-state index contributed by atoms with van der Waals surface area (Å²) in [6.07, 6.45) is 15.9. The molecule has 1 unspecified atom stereocenters. The van der Waals surface area contributed by atoms with Gasteiger partial charge < -0.3 is 0 Å². The third kappa shape index (κ3) is 4.51. The number of aryl methyl sites for hydroxylation is 1. The average Bonchev–Trinajstić information content (AvgIpc) is 3.55. The average molecular weight is 445 g/mol. The number of allylic oxidation sites excluding steroid dienone is 1. The van der Waals surface area contributed by atoms with Crippen LogP contribution in [0.25, 0.3) is 0 Å². The maximum Gasteiger partial charge on any atom is 0.189 e. The molecule has 0 radical (unpaired) electrons. The molecule has 2 aliphatic rings. The van der Waals surface area contributed by atoms with Crippen LogP contribution in [0, 0.1) is 0 Å². The van der Waals surface area contributed by atoms with E-state index in [0.717, 1.165) is 43.0 Å². The van der Waals surface area contributed by atoms with Gasteiger partial charge in [0.2, 0.25) is 0 Å². The summed E-state index contributed by atoms with van der Waals surface area (Å²) in [6.45, 7) is 3.16. The molecule has 33 heavy (non-hydrogen) atoms. The van der Waals surface area contributed by atoms with E-state index >= 15 is 0 Å². The molecule has 8 heteroatoms. The van der Waals surface area contributed by atoms with E-state index in [1.807, 2.05) is 12.4 Å². The Labute approximate surface area is 194 Å². The van der Waals surface area contributed by atoms with Crippen LogP contribution in [0.3, 0.4) is 0 Å². The highest BCUT2D eigenvalue weighted by molar-refractivity contribution is 5.66. The second kappa shape index (κ2) is 9.77. The minimum atomic E-state index is -0.442. The molecule has 3 aromatic rings. The third-order valence-corrected chi connectivity index (χ3v) is 7.00. The maximum absolute atomic E-state index is 5.04. The van der Waals surface area contributed by atoms with E-state index in [9.17, 15) is 0 Å². The summed E-state index contributed by atoms with van der Waals surface area (Å²) in [4.78, 5) is 9.29. The quantitative estimate of drug-likeness (QED) is 0.551. The first-order valence-corrected chi connectivity index (χ1v) is 12.2. The standard InChI is InChI=1S/C25H32N8/c1-2-3-17-33-22(27-23(30-33)20-7-5-4-6-8-20)18-19-9-11-21(12-10-19)25(13-15-26-16-14-25)24-28-31-32-29-24/h9-13,15-16,20H,2-8,14,17-18H2,1H3,(H,28,29,31,32). The SMILES string of the molecule is CCCCn1nc(C2CCCCC2)nc1Cc1ccc(C2(c3nn[nH]n3)C=CN=CC2)cc1. The molecule has 0 spiro atoms. The zero-order valence-corrected chi connectivity index (χ0v) is 19.3. The van der Waals surface area contributed by atoms with Gasteiger partial charge in [-0.15, -0.1) is 10.2 Å². The molecule has 172 valence electrons. The number of rotatable bonds is 8. The van der Waals surface area contributed by atoms with E-state index in [0.29, 0.717) is 18.2 Å². The number of nitrogens with zero attached hydrogens (tertiary/aromatic N) is 7. The van der Waals surface area contributed by atoms with Crippen LogP contribution in [0.1, 0.15) is 92.8 Å².